The van der Waals surface area contributed by atoms with Crippen LogP contribution in [0.15, 0.2) is 17.0 Å². The van der Waals surface area contributed by atoms with Crippen LogP contribution in [0.5, 0.6) is 0 Å². The predicted molar refractivity (Wildman–Crippen MR) is 82.4 cm³/mol. The minimum absolute atomic E-state index is 0.209. The minimum Gasteiger partial charge on any atom is -0.379 e. The minimum atomic E-state index is -2.12. The first-order chi connectivity index (χ1) is 11.5. The fraction of sp³-hybridized carbons (Fsp3) is 0.385. The molecule has 0 radical (unpaired) electrons. The van der Waals surface area contributed by atoms with Gasteiger partial charge in [-0.05, 0) is 6.07 Å². The van der Waals surface area contributed by atoms with Gasteiger partial charge in [-0.2, -0.15) is 4.37 Å². The lowest BCUT2D eigenvalue weighted by Crippen LogP contribution is -2.35. The molecule has 3 rings (SSSR count). The Hall–Kier alpha value is -1.56. The van der Waals surface area contributed by atoms with Crippen LogP contribution in [-0.2, 0) is 22.3 Å². The zero-order valence-corrected chi connectivity index (χ0v) is 13.9. The fourth-order valence-electron chi connectivity index (χ4n) is 2.10. The third kappa shape index (κ3) is 4.09. The summed E-state index contributed by atoms with van der Waals surface area (Å²) in [6.07, 6.45) is 0. The summed E-state index contributed by atoms with van der Waals surface area (Å²) in [5.41, 5.74) is 0. The Balaban J connectivity index is 1.66. The highest BCUT2D eigenvalue weighted by atomic mass is 32.2. The van der Waals surface area contributed by atoms with Crippen molar-refractivity contribution in [3.63, 3.8) is 0 Å². The van der Waals surface area contributed by atoms with Gasteiger partial charge in [-0.15, -0.1) is 0 Å². The molecule has 24 heavy (non-hydrogen) atoms. The molecule has 2 aromatic rings. The molecule has 1 aliphatic rings. The summed E-state index contributed by atoms with van der Waals surface area (Å²) < 4.78 is 63.6. The number of aromatic nitrogens is 2. The molecular weight excluding hydrogens is 365 g/mol. The van der Waals surface area contributed by atoms with Crippen molar-refractivity contribution in [1.82, 2.24) is 14.3 Å². The highest BCUT2D eigenvalue weighted by Gasteiger charge is 2.18. The molecule has 1 atom stereocenters. The second-order valence-electron chi connectivity index (χ2n) is 4.97. The number of ether oxygens (including phenoxy) is 1. The number of nitrogens with zero attached hydrogens (tertiary/aromatic N) is 3. The summed E-state index contributed by atoms with van der Waals surface area (Å²) in [6, 6.07) is 0.914. The third-order valence-electron chi connectivity index (χ3n) is 3.29. The average molecular weight is 378 g/mol. The SMILES string of the molecule is O=S(Nc1nc(CN2CCOCC2)ns1)c1cc(F)c(F)cc1F. The molecule has 0 spiro atoms. The summed E-state index contributed by atoms with van der Waals surface area (Å²) in [5.74, 6) is -3.17. The first kappa shape index (κ1) is 17.3. The van der Waals surface area contributed by atoms with Gasteiger partial charge in [0, 0.05) is 30.7 Å². The van der Waals surface area contributed by atoms with Crippen LogP contribution in [0.25, 0.3) is 0 Å². The van der Waals surface area contributed by atoms with Gasteiger partial charge in [-0.1, -0.05) is 0 Å². The van der Waals surface area contributed by atoms with E-state index in [4.69, 9.17) is 4.74 Å². The van der Waals surface area contributed by atoms with E-state index in [2.05, 4.69) is 19.0 Å². The third-order valence-corrected chi connectivity index (χ3v) is 5.18. The average Bonchev–Trinajstić information content (AvgIpc) is 2.98. The number of benzene rings is 1. The molecule has 1 aliphatic heterocycles. The predicted octanol–water partition coefficient (Wildman–Crippen LogP) is 1.92. The first-order valence-corrected chi connectivity index (χ1v) is 8.91. The second kappa shape index (κ2) is 7.55. The molecule has 1 aromatic carbocycles. The lowest BCUT2D eigenvalue weighted by atomic mass is 10.3. The van der Waals surface area contributed by atoms with Crippen LogP contribution in [0.1, 0.15) is 5.82 Å². The Morgan fingerprint density at radius 2 is 1.92 bits per heavy atom. The van der Waals surface area contributed by atoms with Crippen molar-refractivity contribution in [2.24, 2.45) is 0 Å². The van der Waals surface area contributed by atoms with Crippen LogP contribution in [-0.4, -0.2) is 44.8 Å². The van der Waals surface area contributed by atoms with Crippen molar-refractivity contribution in [2.75, 3.05) is 31.0 Å². The van der Waals surface area contributed by atoms with E-state index in [1.165, 1.54) is 0 Å². The number of hydrogen-bond acceptors (Lipinski definition) is 6. The van der Waals surface area contributed by atoms with Gasteiger partial charge in [-0.3, -0.25) is 9.62 Å². The van der Waals surface area contributed by atoms with Crippen LogP contribution < -0.4 is 4.72 Å². The molecule has 2 heterocycles. The zero-order valence-electron chi connectivity index (χ0n) is 12.3. The van der Waals surface area contributed by atoms with Gasteiger partial charge in [0.1, 0.15) is 5.82 Å². The summed E-state index contributed by atoms with van der Waals surface area (Å²) in [6.45, 7) is 3.36. The largest absolute Gasteiger partial charge is 0.379 e. The van der Waals surface area contributed by atoms with Crippen LogP contribution in [0.3, 0.4) is 0 Å². The van der Waals surface area contributed by atoms with Gasteiger partial charge in [0.2, 0.25) is 5.13 Å². The van der Waals surface area contributed by atoms with E-state index in [0.717, 1.165) is 24.6 Å². The maximum absolute atomic E-state index is 13.6. The number of morpholine rings is 1. The van der Waals surface area contributed by atoms with E-state index < -0.39 is 33.3 Å². The van der Waals surface area contributed by atoms with E-state index in [1.54, 1.807) is 0 Å². The number of hydrogen-bond donors (Lipinski definition) is 1. The molecule has 1 unspecified atom stereocenters. The molecule has 130 valence electrons. The summed E-state index contributed by atoms with van der Waals surface area (Å²) in [5, 5.41) is 0.209. The summed E-state index contributed by atoms with van der Waals surface area (Å²) in [4.78, 5) is 5.80. The van der Waals surface area contributed by atoms with E-state index in [-0.39, 0.29) is 5.13 Å². The van der Waals surface area contributed by atoms with Crippen molar-refractivity contribution in [1.29, 1.82) is 0 Å². The number of halogens is 3. The van der Waals surface area contributed by atoms with Crippen molar-refractivity contribution in [3.05, 3.63) is 35.4 Å². The van der Waals surface area contributed by atoms with Gasteiger partial charge in [-0.25, -0.2) is 22.4 Å². The van der Waals surface area contributed by atoms with Crippen molar-refractivity contribution in [2.45, 2.75) is 11.4 Å². The lowest BCUT2D eigenvalue weighted by molar-refractivity contribution is 0.0332. The normalized spacial score (nSPS) is 17.0. The quantitative estimate of drug-likeness (QED) is 0.806. The summed E-state index contributed by atoms with van der Waals surface area (Å²) >= 11 is 0.961. The Morgan fingerprint density at radius 1 is 1.21 bits per heavy atom. The Kier molecular flexibility index (Phi) is 5.43. The molecule has 6 nitrogen and oxygen atoms in total. The molecule has 0 bridgehead atoms. The van der Waals surface area contributed by atoms with Crippen molar-refractivity contribution in [3.8, 4) is 0 Å². The molecule has 0 amide bonds. The molecule has 1 fully saturated rings. The standard InChI is InChI=1S/C13H13F3N4O2S2/c14-8-5-10(16)11(6-9(8)15)24(21)19-13-17-12(18-23-13)7-20-1-3-22-4-2-20/h5-6H,1-4,7H2,(H,17,18,19). The van der Waals surface area contributed by atoms with Crippen LogP contribution in [0.2, 0.25) is 0 Å². The van der Waals surface area contributed by atoms with Gasteiger partial charge in [0.05, 0.1) is 24.7 Å². The molecule has 1 aromatic heterocycles. The smallest absolute Gasteiger partial charge is 0.214 e. The summed E-state index contributed by atoms with van der Waals surface area (Å²) in [7, 11) is -2.12. The number of anilines is 1. The first-order valence-electron chi connectivity index (χ1n) is 6.98. The second-order valence-corrected chi connectivity index (χ2v) is 6.91. The van der Waals surface area contributed by atoms with Gasteiger partial charge >= 0.3 is 0 Å². The van der Waals surface area contributed by atoms with Crippen LogP contribution in [0, 0.1) is 17.5 Å². The lowest BCUT2D eigenvalue weighted by Gasteiger charge is -2.25. The monoisotopic (exact) mass is 378 g/mol. The van der Waals surface area contributed by atoms with Gasteiger partial charge < -0.3 is 4.74 Å². The molecule has 1 N–H and O–H groups in total. The Bertz CT molecular complexity index is 753. The number of nitrogens with one attached hydrogen (secondary N) is 1. The topological polar surface area (TPSA) is 67.4 Å². The molecular formula is C13H13F3N4O2S2. The highest BCUT2D eigenvalue weighted by molar-refractivity contribution is 7.86. The van der Waals surface area contributed by atoms with Crippen LogP contribution >= 0.6 is 11.5 Å². The van der Waals surface area contributed by atoms with E-state index in [9.17, 15) is 17.4 Å². The van der Waals surface area contributed by atoms with E-state index in [0.29, 0.717) is 37.7 Å². The maximum Gasteiger partial charge on any atom is 0.214 e. The zero-order chi connectivity index (χ0) is 17.1. The van der Waals surface area contributed by atoms with Crippen LogP contribution in [0.4, 0.5) is 18.3 Å². The Morgan fingerprint density at radius 3 is 2.67 bits per heavy atom. The Labute approximate surface area is 142 Å². The molecule has 0 aliphatic carbocycles. The number of rotatable bonds is 5. The molecule has 0 saturated carbocycles. The van der Waals surface area contributed by atoms with E-state index in [1.807, 2.05) is 0 Å². The van der Waals surface area contributed by atoms with Gasteiger partial charge in [0.25, 0.3) is 0 Å². The van der Waals surface area contributed by atoms with E-state index >= 15 is 0 Å². The fourth-order valence-corrected chi connectivity index (χ4v) is 3.67. The van der Waals surface area contributed by atoms with Crippen molar-refractivity contribution >= 4 is 27.6 Å². The highest BCUT2D eigenvalue weighted by Crippen LogP contribution is 2.20. The van der Waals surface area contributed by atoms with Gasteiger partial charge in [0.15, 0.2) is 28.4 Å². The van der Waals surface area contributed by atoms with Crippen molar-refractivity contribution < 1.29 is 22.1 Å². The molecule has 11 heteroatoms. The maximum atomic E-state index is 13.6. The molecule has 1 saturated heterocycles.